The Morgan fingerprint density at radius 2 is 1.85 bits per heavy atom. The maximum absolute atomic E-state index is 12.8. The van der Waals surface area contributed by atoms with E-state index in [-0.39, 0.29) is 31.0 Å². The van der Waals surface area contributed by atoms with Crippen molar-refractivity contribution in [2.45, 2.75) is 33.3 Å². The van der Waals surface area contributed by atoms with Gasteiger partial charge in [-0.2, -0.15) is 0 Å². The largest absolute Gasteiger partial charge is 0.492 e. The van der Waals surface area contributed by atoms with Gasteiger partial charge in [0.05, 0.1) is 18.7 Å². The molecule has 0 aliphatic carbocycles. The number of benzene rings is 2. The van der Waals surface area contributed by atoms with E-state index >= 15 is 0 Å². The zero-order valence-electron chi connectivity index (χ0n) is 19.2. The van der Waals surface area contributed by atoms with Crippen molar-refractivity contribution in [3.05, 3.63) is 59.2 Å². The van der Waals surface area contributed by atoms with Crippen molar-refractivity contribution in [2.75, 3.05) is 33.1 Å². The molecular weight excluding hydrogens is 426 g/mol. The Hall–Kier alpha value is -3.39. The Bertz CT molecular complexity index is 987. The number of rotatable bonds is 11. The van der Waals surface area contributed by atoms with Gasteiger partial charge in [0.25, 0.3) is 5.91 Å². The summed E-state index contributed by atoms with van der Waals surface area (Å²) in [6.45, 7) is 6.52. The van der Waals surface area contributed by atoms with Crippen LogP contribution in [-0.4, -0.2) is 61.8 Å². The first-order chi connectivity index (χ1) is 15.9. The number of carbonyl (C=O) groups is 3. The summed E-state index contributed by atoms with van der Waals surface area (Å²) in [5.74, 6) is 0.451. The van der Waals surface area contributed by atoms with Gasteiger partial charge in [-0.15, -0.1) is 0 Å². The third-order valence-electron chi connectivity index (χ3n) is 5.17. The second-order valence-electron chi connectivity index (χ2n) is 7.50. The second-order valence-corrected chi connectivity index (χ2v) is 7.50. The van der Waals surface area contributed by atoms with Crippen molar-refractivity contribution < 1.29 is 33.3 Å². The lowest BCUT2D eigenvalue weighted by Gasteiger charge is -2.28. The van der Waals surface area contributed by atoms with Gasteiger partial charge in [-0.3, -0.25) is 9.59 Å². The highest BCUT2D eigenvalue weighted by molar-refractivity contribution is 6.02. The molecule has 1 aliphatic heterocycles. The highest BCUT2D eigenvalue weighted by Crippen LogP contribution is 2.26. The smallest absolute Gasteiger partial charge is 0.335 e. The Labute approximate surface area is 193 Å². The number of nitrogens with zero attached hydrogens (tertiary/aromatic N) is 1. The number of fused-ring (bicyclic) bond motifs is 1. The van der Waals surface area contributed by atoms with E-state index in [1.807, 2.05) is 31.2 Å². The van der Waals surface area contributed by atoms with Crippen LogP contribution < -0.4 is 9.47 Å². The van der Waals surface area contributed by atoms with Gasteiger partial charge in [-0.05, 0) is 56.7 Å². The average molecular weight is 456 g/mol. The zero-order chi connectivity index (χ0) is 23.8. The van der Waals surface area contributed by atoms with E-state index < -0.39 is 6.10 Å². The number of hydrogen-bond donors (Lipinski definition) is 0. The lowest BCUT2D eigenvalue weighted by molar-refractivity contribution is -0.156. The fraction of sp³-hybridized carbons (Fsp3) is 0.400. The molecule has 2 aromatic carbocycles. The van der Waals surface area contributed by atoms with Gasteiger partial charge in [0.2, 0.25) is 0 Å². The molecule has 1 unspecified atom stereocenters. The van der Waals surface area contributed by atoms with E-state index in [4.69, 9.17) is 18.9 Å². The molecule has 1 heterocycles. The molecule has 1 amide bonds. The van der Waals surface area contributed by atoms with Gasteiger partial charge in [0.15, 0.2) is 18.6 Å². The van der Waals surface area contributed by atoms with Crippen molar-refractivity contribution in [2.24, 2.45) is 0 Å². The monoisotopic (exact) mass is 455 g/mol. The second kappa shape index (κ2) is 11.5. The number of hydrogen-bond acceptors (Lipinski definition) is 7. The molecule has 0 saturated carbocycles. The lowest BCUT2D eigenvalue weighted by Crippen LogP contribution is -2.41. The molecule has 1 atom stereocenters. The summed E-state index contributed by atoms with van der Waals surface area (Å²) in [7, 11) is 0. The molecule has 8 nitrogen and oxygen atoms in total. The van der Waals surface area contributed by atoms with Gasteiger partial charge in [-0.1, -0.05) is 12.1 Å². The molecule has 0 radical (unpaired) electrons. The summed E-state index contributed by atoms with van der Waals surface area (Å²) in [6, 6.07) is 12.2. The minimum atomic E-state index is -0.641. The molecular formula is C25H29NO7. The predicted octanol–water partition coefficient (Wildman–Crippen LogP) is 3.27. The Morgan fingerprint density at radius 3 is 2.52 bits per heavy atom. The summed E-state index contributed by atoms with van der Waals surface area (Å²) in [5, 5.41) is 0. The quantitative estimate of drug-likeness (QED) is 0.379. The van der Waals surface area contributed by atoms with Gasteiger partial charge < -0.3 is 23.8 Å². The van der Waals surface area contributed by atoms with E-state index in [9.17, 15) is 14.4 Å². The van der Waals surface area contributed by atoms with E-state index in [1.165, 1.54) is 11.8 Å². The van der Waals surface area contributed by atoms with Crippen LogP contribution in [0.25, 0.3) is 0 Å². The number of amides is 1. The zero-order valence-corrected chi connectivity index (χ0v) is 19.2. The summed E-state index contributed by atoms with van der Waals surface area (Å²) < 4.78 is 22.0. The van der Waals surface area contributed by atoms with Gasteiger partial charge in [0.1, 0.15) is 18.1 Å². The van der Waals surface area contributed by atoms with E-state index in [2.05, 4.69) is 0 Å². The molecule has 0 aromatic heterocycles. The highest BCUT2D eigenvalue weighted by atomic mass is 16.6. The summed E-state index contributed by atoms with van der Waals surface area (Å²) in [6.07, 6.45) is -0.230. The molecule has 0 N–H and O–H groups in total. The molecule has 8 heteroatoms. The topological polar surface area (TPSA) is 91.4 Å². The SMILES string of the molecule is CCOC(=O)C(Cc1ccc(OCCN2COc3ccc(C(C)=O)cc3C2=O)cc1)OCC. The molecule has 3 rings (SSSR count). The summed E-state index contributed by atoms with van der Waals surface area (Å²) >= 11 is 0. The van der Waals surface area contributed by atoms with Gasteiger partial charge in [-0.25, -0.2) is 4.79 Å². The molecule has 0 fully saturated rings. The number of esters is 1. The number of ketones is 1. The molecule has 1 aliphatic rings. The fourth-order valence-electron chi connectivity index (χ4n) is 3.44. The standard InChI is InChI=1S/C25H29NO7/c1-4-30-23(25(29)31-5-2)14-18-6-9-20(10-7-18)32-13-12-26-16-33-22-11-8-19(17(3)27)15-21(22)24(26)28/h6-11,15,23H,4-5,12-14,16H2,1-3H3. The van der Waals surface area contributed by atoms with Crippen LogP contribution >= 0.6 is 0 Å². The minimum Gasteiger partial charge on any atom is -0.492 e. The number of Topliss-reactive ketones (excluding diaryl/α,β-unsaturated/α-hetero) is 1. The van der Waals surface area contributed by atoms with Crippen LogP contribution in [0.1, 0.15) is 47.1 Å². The van der Waals surface area contributed by atoms with Crippen LogP contribution in [0.2, 0.25) is 0 Å². The Kier molecular flexibility index (Phi) is 8.43. The highest BCUT2D eigenvalue weighted by Gasteiger charge is 2.26. The Morgan fingerprint density at radius 1 is 1.09 bits per heavy atom. The van der Waals surface area contributed by atoms with Crippen LogP contribution in [-0.2, 0) is 20.7 Å². The summed E-state index contributed by atoms with van der Waals surface area (Å²) in [4.78, 5) is 37.9. The molecule has 0 spiro atoms. The molecule has 0 bridgehead atoms. The fourth-order valence-corrected chi connectivity index (χ4v) is 3.44. The molecule has 2 aromatic rings. The van der Waals surface area contributed by atoms with Crippen LogP contribution in [0.5, 0.6) is 11.5 Å². The number of carbonyl (C=O) groups excluding carboxylic acids is 3. The first-order valence-corrected chi connectivity index (χ1v) is 11.0. The minimum absolute atomic E-state index is 0.107. The van der Waals surface area contributed by atoms with Crippen molar-refractivity contribution in [3.63, 3.8) is 0 Å². The first kappa shape index (κ1) is 24.3. The maximum atomic E-state index is 12.8. The third kappa shape index (κ3) is 6.32. The van der Waals surface area contributed by atoms with E-state index in [1.54, 1.807) is 25.1 Å². The van der Waals surface area contributed by atoms with Crippen molar-refractivity contribution in [1.29, 1.82) is 0 Å². The van der Waals surface area contributed by atoms with Crippen LogP contribution in [0, 0.1) is 0 Å². The summed E-state index contributed by atoms with van der Waals surface area (Å²) in [5.41, 5.74) is 1.77. The van der Waals surface area contributed by atoms with Gasteiger partial charge in [0, 0.05) is 18.6 Å². The van der Waals surface area contributed by atoms with Crippen LogP contribution in [0.3, 0.4) is 0 Å². The van der Waals surface area contributed by atoms with Crippen LogP contribution in [0.4, 0.5) is 0 Å². The van der Waals surface area contributed by atoms with Gasteiger partial charge >= 0.3 is 5.97 Å². The Balaban J connectivity index is 1.53. The normalized spacial score (nSPS) is 13.7. The first-order valence-electron chi connectivity index (χ1n) is 11.0. The average Bonchev–Trinajstić information content (AvgIpc) is 2.81. The number of ether oxygens (including phenoxy) is 4. The predicted molar refractivity (Wildman–Crippen MR) is 121 cm³/mol. The lowest BCUT2D eigenvalue weighted by atomic mass is 10.1. The van der Waals surface area contributed by atoms with Crippen molar-refractivity contribution >= 4 is 17.7 Å². The maximum Gasteiger partial charge on any atom is 0.335 e. The van der Waals surface area contributed by atoms with E-state index in [0.717, 1.165) is 5.56 Å². The molecule has 33 heavy (non-hydrogen) atoms. The van der Waals surface area contributed by atoms with Crippen molar-refractivity contribution in [3.8, 4) is 11.5 Å². The van der Waals surface area contributed by atoms with E-state index in [0.29, 0.717) is 48.8 Å². The third-order valence-corrected chi connectivity index (χ3v) is 5.17. The van der Waals surface area contributed by atoms with Crippen LogP contribution in [0.15, 0.2) is 42.5 Å². The molecule has 176 valence electrons. The molecule has 0 saturated heterocycles. The van der Waals surface area contributed by atoms with Crippen molar-refractivity contribution in [1.82, 2.24) is 4.90 Å².